The van der Waals surface area contributed by atoms with Crippen molar-refractivity contribution in [3.63, 3.8) is 0 Å². The van der Waals surface area contributed by atoms with E-state index in [1.54, 1.807) is 26.8 Å². The summed E-state index contributed by atoms with van der Waals surface area (Å²) in [5.41, 5.74) is 0.459. The van der Waals surface area contributed by atoms with Crippen molar-refractivity contribution in [1.82, 2.24) is 19.6 Å². The highest BCUT2D eigenvalue weighted by atomic mass is 35.5. The number of sulfonamides is 1. The number of rotatable bonds is 11. The molecule has 242 valence electrons. The lowest BCUT2D eigenvalue weighted by molar-refractivity contribution is -0.392. The van der Waals surface area contributed by atoms with Crippen LogP contribution >= 0.6 is 23.2 Å². The summed E-state index contributed by atoms with van der Waals surface area (Å²) >= 11 is 11.9. The second kappa shape index (κ2) is 14.6. The predicted octanol–water partition coefficient (Wildman–Crippen LogP) is 6.49. The van der Waals surface area contributed by atoms with E-state index in [1.165, 1.54) is 18.2 Å². The number of nitro benzene ring substituents is 2. The molecular weight excluding hydrogens is 658 g/mol. The van der Waals surface area contributed by atoms with Gasteiger partial charge in [-0.05, 0) is 51.3 Å². The quantitative estimate of drug-likeness (QED) is 0.0993. The van der Waals surface area contributed by atoms with Gasteiger partial charge < -0.3 is 10.1 Å². The fraction of sp³-hybridized carbons (Fsp3) is 0.346. The molecule has 0 unspecified atom stereocenters. The van der Waals surface area contributed by atoms with Crippen LogP contribution in [0.5, 0.6) is 6.01 Å². The van der Waals surface area contributed by atoms with Crippen molar-refractivity contribution in [2.75, 3.05) is 16.6 Å². The first-order valence-corrected chi connectivity index (χ1v) is 15.6. The van der Waals surface area contributed by atoms with Crippen molar-refractivity contribution in [3.05, 3.63) is 77.7 Å². The van der Waals surface area contributed by atoms with E-state index in [9.17, 15) is 33.0 Å². The van der Waals surface area contributed by atoms with E-state index >= 15 is 0 Å². The van der Waals surface area contributed by atoms with Gasteiger partial charge in [0, 0.05) is 23.7 Å². The SMILES string of the molecule is CCC(CC)Nc1c([N+](=O)[O-])cc(C)c(C)c1[N+](=O)[O-].CCOc1nc(F)cc2nc(S(=O)(=O)Nc3c(Cl)cccc3Cl)nn12. The summed E-state index contributed by atoms with van der Waals surface area (Å²) < 4.78 is 46.9. The minimum Gasteiger partial charge on any atom is -0.464 e. The molecule has 0 aliphatic heterocycles. The average Bonchev–Trinajstić information content (AvgIpc) is 3.41. The fourth-order valence-electron chi connectivity index (χ4n) is 4.02. The zero-order chi connectivity index (χ0) is 33.6. The molecule has 0 radical (unpaired) electrons. The van der Waals surface area contributed by atoms with Crippen molar-refractivity contribution in [2.24, 2.45) is 0 Å². The maximum absolute atomic E-state index is 13.5. The van der Waals surface area contributed by atoms with E-state index in [4.69, 9.17) is 27.9 Å². The molecule has 2 aromatic heterocycles. The molecule has 45 heavy (non-hydrogen) atoms. The van der Waals surface area contributed by atoms with Gasteiger partial charge >= 0.3 is 11.7 Å². The number of ether oxygens (including phenoxy) is 1. The number of benzene rings is 2. The summed E-state index contributed by atoms with van der Waals surface area (Å²) in [7, 11) is -4.23. The molecule has 0 fully saturated rings. The minimum absolute atomic E-state index is 0.0109. The first-order valence-electron chi connectivity index (χ1n) is 13.4. The standard InChI is InChI=1S/C13H10Cl2FN5O3S.C13H19N3O4/c1-2-24-13-17-9(16)6-10-18-12(19-21(10)13)25(22,23)20-11-7(14)4-3-5-8(11)15;1-5-10(6-2)14-12-11(15(17)18)7-8(3)9(4)13(12)16(19)20/h3-6,20H,2H2,1H3;7,10,14H,5-6H2,1-4H3. The molecule has 0 bridgehead atoms. The lowest BCUT2D eigenvalue weighted by Crippen LogP contribution is -2.19. The fourth-order valence-corrected chi connectivity index (χ4v) is 5.61. The van der Waals surface area contributed by atoms with Crippen LogP contribution in [0.2, 0.25) is 10.0 Å². The largest absolute Gasteiger partial charge is 0.464 e. The first-order chi connectivity index (χ1) is 21.1. The normalized spacial score (nSPS) is 11.2. The molecule has 0 saturated heterocycles. The summed E-state index contributed by atoms with van der Waals surface area (Å²) in [5.74, 6) is -0.880. The Morgan fingerprint density at radius 1 is 1.02 bits per heavy atom. The van der Waals surface area contributed by atoms with Crippen molar-refractivity contribution >= 4 is 61.6 Å². The van der Waals surface area contributed by atoms with Crippen LogP contribution in [0, 0.1) is 40.0 Å². The van der Waals surface area contributed by atoms with Crippen LogP contribution < -0.4 is 14.8 Å². The number of hydrogen-bond donors (Lipinski definition) is 2. The van der Waals surface area contributed by atoms with Gasteiger partial charge in [0.2, 0.25) is 5.95 Å². The highest BCUT2D eigenvalue weighted by Gasteiger charge is 2.30. The highest BCUT2D eigenvalue weighted by molar-refractivity contribution is 7.92. The van der Waals surface area contributed by atoms with Crippen molar-refractivity contribution < 1.29 is 27.4 Å². The molecule has 2 heterocycles. The van der Waals surface area contributed by atoms with Gasteiger partial charge in [0.05, 0.1) is 32.2 Å². The van der Waals surface area contributed by atoms with Crippen LogP contribution in [0.25, 0.3) is 5.65 Å². The van der Waals surface area contributed by atoms with E-state index in [0.717, 1.165) is 23.4 Å². The van der Waals surface area contributed by atoms with E-state index in [-0.39, 0.29) is 57.1 Å². The zero-order valence-electron chi connectivity index (χ0n) is 24.7. The van der Waals surface area contributed by atoms with Gasteiger partial charge in [0.25, 0.3) is 20.9 Å². The van der Waals surface area contributed by atoms with E-state index < -0.39 is 31.0 Å². The average molecular weight is 688 g/mol. The molecule has 4 rings (SSSR count). The second-order valence-corrected chi connectivity index (χ2v) is 11.8. The van der Waals surface area contributed by atoms with Gasteiger partial charge in [-0.2, -0.15) is 27.3 Å². The molecule has 4 aromatic rings. The molecule has 0 spiro atoms. The molecule has 0 atom stereocenters. The summed E-state index contributed by atoms with van der Waals surface area (Å²) in [4.78, 5) is 28.6. The Kier molecular flexibility index (Phi) is 11.4. The number of aryl methyl sites for hydroxylation is 1. The number of nitro groups is 2. The number of hydrogen-bond acceptors (Lipinski definition) is 11. The smallest absolute Gasteiger partial charge is 0.322 e. The minimum atomic E-state index is -4.23. The second-order valence-electron chi connectivity index (χ2n) is 9.39. The predicted molar refractivity (Wildman–Crippen MR) is 166 cm³/mol. The Balaban J connectivity index is 0.000000253. The molecule has 2 N–H and O–H groups in total. The third-order valence-corrected chi connectivity index (χ3v) is 8.22. The number of aromatic nitrogens is 4. The summed E-state index contributed by atoms with van der Waals surface area (Å²) in [6.07, 6.45) is 1.47. The van der Waals surface area contributed by atoms with E-state index in [1.807, 2.05) is 13.8 Å². The Hall–Kier alpha value is -4.35. The van der Waals surface area contributed by atoms with Gasteiger partial charge in [0.1, 0.15) is 0 Å². The summed E-state index contributed by atoms with van der Waals surface area (Å²) in [5, 5.41) is 28.8. The van der Waals surface area contributed by atoms with Crippen LogP contribution in [-0.4, -0.2) is 50.5 Å². The molecule has 0 aliphatic rings. The molecule has 0 aliphatic carbocycles. The topological polar surface area (TPSA) is 197 Å². The molecule has 19 heteroatoms. The number of para-hydroxylation sites is 1. The highest BCUT2D eigenvalue weighted by Crippen LogP contribution is 2.39. The van der Waals surface area contributed by atoms with E-state index in [2.05, 4.69) is 25.1 Å². The van der Waals surface area contributed by atoms with E-state index in [0.29, 0.717) is 11.1 Å². The van der Waals surface area contributed by atoms with Crippen LogP contribution in [0.15, 0.2) is 35.5 Å². The van der Waals surface area contributed by atoms with Gasteiger partial charge in [-0.3, -0.25) is 25.0 Å². The van der Waals surface area contributed by atoms with Crippen LogP contribution in [0.1, 0.15) is 44.7 Å². The summed E-state index contributed by atoms with van der Waals surface area (Å²) in [6.45, 7) is 8.94. The lowest BCUT2D eigenvalue weighted by Gasteiger charge is -2.17. The molecule has 2 aromatic carbocycles. The zero-order valence-corrected chi connectivity index (χ0v) is 27.0. The maximum atomic E-state index is 13.5. The van der Waals surface area contributed by atoms with Crippen molar-refractivity contribution in [2.45, 2.75) is 58.7 Å². The first kappa shape index (κ1) is 35.1. The number of nitrogens with one attached hydrogen (secondary N) is 2. The lowest BCUT2D eigenvalue weighted by atomic mass is 10.0. The van der Waals surface area contributed by atoms with Gasteiger partial charge in [0.15, 0.2) is 11.3 Å². The molecule has 15 nitrogen and oxygen atoms in total. The molecule has 0 saturated carbocycles. The molecule has 0 amide bonds. The Bertz CT molecular complexity index is 1830. The van der Waals surface area contributed by atoms with Crippen LogP contribution in [0.3, 0.4) is 0 Å². The third-order valence-electron chi connectivity index (χ3n) is 6.46. The molecular formula is C26H29Cl2FN8O7S. The maximum Gasteiger partial charge on any atom is 0.322 e. The van der Waals surface area contributed by atoms with Crippen LogP contribution in [-0.2, 0) is 10.0 Å². The monoisotopic (exact) mass is 686 g/mol. The van der Waals surface area contributed by atoms with Gasteiger partial charge in [-0.25, -0.2) is 0 Å². The Morgan fingerprint density at radius 2 is 1.64 bits per heavy atom. The summed E-state index contributed by atoms with van der Waals surface area (Å²) in [6, 6.07) is 6.55. The van der Waals surface area contributed by atoms with Gasteiger partial charge in [-0.1, -0.05) is 43.1 Å². The Labute approximate surface area is 267 Å². The van der Waals surface area contributed by atoms with Crippen LogP contribution in [0.4, 0.5) is 27.1 Å². The number of halogens is 3. The number of anilines is 2. The number of nitrogens with zero attached hydrogens (tertiary/aromatic N) is 6. The van der Waals surface area contributed by atoms with Gasteiger partial charge in [-0.15, -0.1) is 5.10 Å². The number of fused-ring (bicyclic) bond motifs is 1. The van der Waals surface area contributed by atoms with Crippen molar-refractivity contribution in [3.8, 4) is 6.01 Å². The third kappa shape index (κ3) is 8.03. The Morgan fingerprint density at radius 3 is 2.18 bits per heavy atom. The van der Waals surface area contributed by atoms with Crippen molar-refractivity contribution in [1.29, 1.82) is 0 Å².